The number of fused-ring (bicyclic) bond motifs is 2. The van der Waals surface area contributed by atoms with Gasteiger partial charge in [0.05, 0.1) is 16.7 Å². The van der Waals surface area contributed by atoms with Crippen molar-refractivity contribution in [1.29, 1.82) is 0 Å². The number of nitrogens with zero attached hydrogens (tertiary/aromatic N) is 5. The van der Waals surface area contributed by atoms with Gasteiger partial charge in [0.25, 0.3) is 0 Å². The molecule has 0 bridgehead atoms. The number of hydrogen-bond donors (Lipinski definition) is 1. The number of piperidine rings is 3. The fourth-order valence-corrected chi connectivity index (χ4v) is 8.77. The Morgan fingerprint density at radius 1 is 1.00 bits per heavy atom. The van der Waals surface area contributed by atoms with Crippen molar-refractivity contribution in [2.24, 2.45) is 12.5 Å². The van der Waals surface area contributed by atoms with Gasteiger partial charge in [0.15, 0.2) is 0 Å². The number of allylic oxidation sites excluding steroid dienone is 1. The fraction of sp³-hybridized carbons (Fsp3) is 0.543. The molecule has 6 heterocycles. The number of aryl methyl sites for hydroxylation is 1. The number of benzene rings is 1. The molecule has 242 valence electrons. The van der Waals surface area contributed by atoms with E-state index in [-0.39, 0.29) is 24.1 Å². The van der Waals surface area contributed by atoms with Crippen molar-refractivity contribution in [3.8, 4) is 0 Å². The van der Waals surface area contributed by atoms with Crippen molar-refractivity contribution < 1.29 is 19.1 Å². The summed E-state index contributed by atoms with van der Waals surface area (Å²) in [5.41, 5.74) is 5.23. The molecule has 1 spiro atoms. The predicted octanol–water partition coefficient (Wildman–Crippen LogP) is 3.78. The summed E-state index contributed by atoms with van der Waals surface area (Å²) in [6, 6.07) is 10.3. The average Bonchev–Trinajstić information content (AvgIpc) is 3.74. The highest BCUT2D eigenvalue weighted by Crippen LogP contribution is 2.51. The number of nitrogens with one attached hydrogen (secondary N) is 1. The molecule has 3 aromatic rings. The van der Waals surface area contributed by atoms with Crippen LogP contribution in [0.25, 0.3) is 16.7 Å². The van der Waals surface area contributed by atoms with Crippen molar-refractivity contribution in [3.63, 3.8) is 0 Å². The van der Waals surface area contributed by atoms with Gasteiger partial charge in [-0.3, -0.25) is 24.0 Å². The molecule has 11 heteroatoms. The molecule has 1 N–H and O–H groups in total. The van der Waals surface area contributed by atoms with Crippen LogP contribution in [0.4, 0.5) is 4.79 Å². The Morgan fingerprint density at radius 2 is 1.78 bits per heavy atom. The van der Waals surface area contributed by atoms with Crippen LogP contribution in [0.2, 0.25) is 0 Å². The molecule has 5 aliphatic rings. The molecule has 1 unspecified atom stereocenters. The molecule has 1 aliphatic carbocycles. The molecule has 4 fully saturated rings. The number of carbonyl (C=O) groups is 3. The lowest BCUT2D eigenvalue weighted by atomic mass is 9.59. The fourth-order valence-electron chi connectivity index (χ4n) is 8.77. The minimum absolute atomic E-state index is 0.194. The molecular formula is C35H42N6O5. The highest BCUT2D eigenvalue weighted by Gasteiger charge is 2.48. The number of ether oxygens (including phenoxy) is 1. The smallest absolute Gasteiger partial charge is 0.410 e. The zero-order chi connectivity index (χ0) is 31.6. The molecule has 0 radical (unpaired) electrons. The molecular weight excluding hydrogens is 584 g/mol. The van der Waals surface area contributed by atoms with E-state index in [9.17, 15) is 19.2 Å². The van der Waals surface area contributed by atoms with Crippen LogP contribution in [-0.2, 0) is 27.8 Å². The van der Waals surface area contributed by atoms with Gasteiger partial charge in [0.1, 0.15) is 12.6 Å². The third kappa shape index (κ3) is 4.99. The van der Waals surface area contributed by atoms with E-state index in [0.717, 1.165) is 75.0 Å². The lowest BCUT2D eigenvalue weighted by molar-refractivity contribution is -0.135. The number of imide groups is 1. The number of rotatable bonds is 5. The Morgan fingerprint density at radius 3 is 2.54 bits per heavy atom. The first-order valence-electron chi connectivity index (χ1n) is 16.8. The summed E-state index contributed by atoms with van der Waals surface area (Å²) in [5, 5.41) is 2.38. The highest BCUT2D eigenvalue weighted by atomic mass is 16.6. The Labute approximate surface area is 267 Å². The lowest BCUT2D eigenvalue weighted by Crippen LogP contribution is -2.56. The van der Waals surface area contributed by atoms with Crippen LogP contribution in [-0.4, -0.2) is 80.2 Å². The van der Waals surface area contributed by atoms with Gasteiger partial charge in [-0.15, -0.1) is 0 Å². The van der Waals surface area contributed by atoms with Crippen molar-refractivity contribution in [1.82, 2.24) is 28.8 Å². The maximum Gasteiger partial charge on any atom is 0.410 e. The molecule has 46 heavy (non-hydrogen) atoms. The van der Waals surface area contributed by atoms with Gasteiger partial charge >= 0.3 is 11.8 Å². The molecule has 1 aromatic carbocycles. The quantitative estimate of drug-likeness (QED) is 0.432. The second-order valence-electron chi connectivity index (χ2n) is 14.1. The Bertz CT molecular complexity index is 1790. The molecule has 11 nitrogen and oxygen atoms in total. The summed E-state index contributed by atoms with van der Waals surface area (Å²) in [6.07, 6.45) is 12.1. The average molecular weight is 627 g/mol. The molecule has 3 saturated heterocycles. The minimum atomic E-state index is -0.663. The third-order valence-corrected chi connectivity index (χ3v) is 11.6. The van der Waals surface area contributed by atoms with E-state index in [0.29, 0.717) is 30.4 Å². The number of imidazole rings is 1. The van der Waals surface area contributed by atoms with Crippen LogP contribution in [0.3, 0.4) is 0 Å². The number of hydrogen-bond acceptors (Lipinski definition) is 6. The Kier molecular flexibility index (Phi) is 7.19. The molecule has 4 aliphatic heterocycles. The second-order valence-corrected chi connectivity index (χ2v) is 14.1. The van der Waals surface area contributed by atoms with Crippen LogP contribution < -0.4 is 11.0 Å². The molecule has 2 aromatic heterocycles. The molecule has 8 rings (SSSR count). The first kappa shape index (κ1) is 29.3. The first-order chi connectivity index (χ1) is 22.3. The van der Waals surface area contributed by atoms with Crippen LogP contribution in [0, 0.1) is 5.41 Å². The van der Waals surface area contributed by atoms with Gasteiger partial charge in [-0.25, -0.2) is 9.59 Å². The summed E-state index contributed by atoms with van der Waals surface area (Å²) in [5.74, 6) is -0.257. The topological polar surface area (TPSA) is 111 Å². The number of likely N-dealkylation sites (tertiary alicyclic amines) is 2. The zero-order valence-corrected chi connectivity index (χ0v) is 26.5. The number of amides is 3. The summed E-state index contributed by atoms with van der Waals surface area (Å²) in [4.78, 5) is 54.7. The van der Waals surface area contributed by atoms with Crippen molar-refractivity contribution in [2.75, 3.05) is 32.8 Å². The maximum absolute atomic E-state index is 13.2. The van der Waals surface area contributed by atoms with E-state index in [1.807, 2.05) is 23.2 Å². The number of aromatic nitrogens is 3. The largest absolute Gasteiger partial charge is 0.443 e. The van der Waals surface area contributed by atoms with E-state index in [4.69, 9.17) is 4.74 Å². The normalized spacial score (nSPS) is 23.8. The highest BCUT2D eigenvalue weighted by molar-refractivity contribution is 6.00. The summed E-state index contributed by atoms with van der Waals surface area (Å²) < 4.78 is 11.0. The summed E-state index contributed by atoms with van der Waals surface area (Å²) in [7, 11) is 1.76. The van der Waals surface area contributed by atoms with Gasteiger partial charge in [0.2, 0.25) is 11.8 Å². The lowest BCUT2D eigenvalue weighted by Gasteiger charge is -2.56. The van der Waals surface area contributed by atoms with Gasteiger partial charge in [-0.2, -0.15) is 0 Å². The van der Waals surface area contributed by atoms with E-state index >= 15 is 0 Å². The van der Waals surface area contributed by atoms with E-state index in [1.165, 1.54) is 24.1 Å². The second kappa shape index (κ2) is 11.3. The van der Waals surface area contributed by atoms with Crippen molar-refractivity contribution in [2.45, 2.75) is 75.8 Å². The maximum atomic E-state index is 13.2. The van der Waals surface area contributed by atoms with Crippen molar-refractivity contribution in [3.05, 3.63) is 64.3 Å². The SMILES string of the molecule is Cn1c(=O)n(C2CCC(=O)NC2=O)c2ccc(C3CCN(C4CC5(CCN(C(=O)OCC6=CCc7cccn76)CC5)C4)CC3)cc21. The van der Waals surface area contributed by atoms with Gasteiger partial charge in [-0.1, -0.05) is 12.1 Å². The van der Waals surface area contributed by atoms with Crippen LogP contribution in [0.15, 0.2) is 47.4 Å². The zero-order valence-electron chi connectivity index (χ0n) is 26.5. The van der Waals surface area contributed by atoms with Crippen LogP contribution in [0.1, 0.15) is 74.6 Å². The standard InChI is InChI=1S/C35H42N6O5/c1-37-30-19-24(4-7-28(30)41(33(37)44)29-8-9-31(42)36-32(29)43)23-10-15-38(16-11-23)27-20-35(21-27)12-17-39(18-13-35)34(45)46-22-26-6-5-25-3-2-14-40(25)26/h2-4,6-7,14,19,23,27,29H,5,8-13,15-18,20-22H2,1H3,(H,36,42,43). The van der Waals surface area contributed by atoms with E-state index in [2.05, 4.69) is 39.1 Å². The molecule has 1 saturated carbocycles. The monoisotopic (exact) mass is 626 g/mol. The summed E-state index contributed by atoms with van der Waals surface area (Å²) >= 11 is 0. The molecule has 1 atom stereocenters. The van der Waals surface area contributed by atoms with Gasteiger partial charge < -0.3 is 19.1 Å². The summed E-state index contributed by atoms with van der Waals surface area (Å²) in [6.45, 7) is 4.00. The van der Waals surface area contributed by atoms with E-state index in [1.54, 1.807) is 16.2 Å². The Hall–Kier alpha value is -4.12. The third-order valence-electron chi connectivity index (χ3n) is 11.6. The first-order valence-corrected chi connectivity index (χ1v) is 16.8. The molecule has 3 amide bonds. The van der Waals surface area contributed by atoms with Gasteiger partial charge in [0, 0.05) is 50.9 Å². The van der Waals surface area contributed by atoms with Crippen LogP contribution >= 0.6 is 0 Å². The van der Waals surface area contributed by atoms with Crippen LogP contribution in [0.5, 0.6) is 0 Å². The van der Waals surface area contributed by atoms with Gasteiger partial charge in [-0.05, 0) is 99.2 Å². The minimum Gasteiger partial charge on any atom is -0.443 e. The predicted molar refractivity (Wildman–Crippen MR) is 172 cm³/mol. The van der Waals surface area contributed by atoms with E-state index < -0.39 is 11.9 Å². The Balaban J connectivity index is 0.826. The number of carbonyl (C=O) groups excluding carboxylic acids is 3. The van der Waals surface area contributed by atoms with Crippen molar-refractivity contribution >= 4 is 34.6 Å².